The highest BCUT2D eigenvalue weighted by Crippen LogP contribution is 2.18. The molecule has 0 heterocycles. The molecule has 1 amide bonds. The largest absolute Gasteiger partial charge is 0.435 e. The van der Waals surface area contributed by atoms with Crippen LogP contribution >= 0.6 is 0 Å². The van der Waals surface area contributed by atoms with Gasteiger partial charge in [-0.2, -0.15) is 8.78 Å². The third-order valence-electron chi connectivity index (χ3n) is 2.64. The van der Waals surface area contributed by atoms with Crippen molar-refractivity contribution in [1.29, 1.82) is 0 Å². The molecule has 2 aromatic carbocycles. The molecule has 0 atom stereocenters. The molecule has 0 aromatic heterocycles. The van der Waals surface area contributed by atoms with Crippen LogP contribution in [0.25, 0.3) is 0 Å². The van der Waals surface area contributed by atoms with E-state index in [2.05, 4.69) is 4.74 Å². The van der Waals surface area contributed by atoms with Crippen LogP contribution < -0.4 is 15.2 Å². The summed E-state index contributed by atoms with van der Waals surface area (Å²) in [7, 11) is 0. The summed E-state index contributed by atoms with van der Waals surface area (Å²) in [5, 5.41) is 0. The molecule has 2 aromatic rings. The molecule has 0 bridgehead atoms. The molecule has 0 aliphatic carbocycles. The monoisotopic (exact) mass is 307 g/mol. The zero-order valence-corrected chi connectivity index (χ0v) is 11.2. The standard InChI is InChI=1S/C15H11F2NO4/c16-15(17)22-11-6-4-9(5-7-11)14(20)21-12-3-1-2-10(8-12)13(18)19/h1-8,15H,(H2,18,19). The first kappa shape index (κ1) is 15.4. The summed E-state index contributed by atoms with van der Waals surface area (Å²) < 4.78 is 33.3. The Hall–Kier alpha value is -2.96. The van der Waals surface area contributed by atoms with E-state index in [0.717, 1.165) is 0 Å². The molecule has 5 nitrogen and oxygen atoms in total. The normalized spacial score (nSPS) is 10.3. The number of amides is 1. The lowest BCUT2D eigenvalue weighted by Gasteiger charge is -2.07. The molecule has 114 valence electrons. The molecule has 2 rings (SSSR count). The van der Waals surface area contributed by atoms with E-state index >= 15 is 0 Å². The highest BCUT2D eigenvalue weighted by atomic mass is 19.3. The average Bonchev–Trinajstić information content (AvgIpc) is 2.47. The van der Waals surface area contributed by atoms with E-state index in [1.54, 1.807) is 0 Å². The Kier molecular flexibility index (Phi) is 4.67. The van der Waals surface area contributed by atoms with Crippen molar-refractivity contribution in [2.45, 2.75) is 6.61 Å². The van der Waals surface area contributed by atoms with Crippen LogP contribution in [0, 0.1) is 0 Å². The Labute approximate surface area is 124 Å². The Morgan fingerprint density at radius 1 is 0.955 bits per heavy atom. The van der Waals surface area contributed by atoms with E-state index in [1.165, 1.54) is 48.5 Å². The van der Waals surface area contributed by atoms with Crippen molar-refractivity contribution in [2.75, 3.05) is 0 Å². The number of hydrogen-bond donors (Lipinski definition) is 1. The summed E-state index contributed by atoms with van der Waals surface area (Å²) in [5.41, 5.74) is 5.47. The molecular weight excluding hydrogens is 296 g/mol. The molecule has 0 aliphatic rings. The maximum absolute atomic E-state index is 12.0. The fourth-order valence-corrected chi connectivity index (χ4v) is 1.65. The van der Waals surface area contributed by atoms with E-state index in [-0.39, 0.29) is 22.6 Å². The first-order valence-electron chi connectivity index (χ1n) is 6.12. The minimum absolute atomic E-state index is 0.0673. The number of carbonyl (C=O) groups is 2. The Morgan fingerprint density at radius 3 is 2.23 bits per heavy atom. The molecule has 0 saturated carbocycles. The summed E-state index contributed by atoms with van der Waals surface area (Å²) in [6, 6.07) is 10.8. The van der Waals surface area contributed by atoms with Crippen molar-refractivity contribution in [3.8, 4) is 11.5 Å². The highest BCUT2D eigenvalue weighted by Gasteiger charge is 2.11. The van der Waals surface area contributed by atoms with Gasteiger partial charge in [0.2, 0.25) is 5.91 Å². The number of carbonyl (C=O) groups excluding carboxylic acids is 2. The van der Waals surface area contributed by atoms with Crippen molar-refractivity contribution in [2.24, 2.45) is 5.73 Å². The fraction of sp³-hybridized carbons (Fsp3) is 0.0667. The lowest BCUT2D eigenvalue weighted by atomic mass is 10.2. The van der Waals surface area contributed by atoms with Gasteiger partial charge in [-0.1, -0.05) is 6.07 Å². The van der Waals surface area contributed by atoms with E-state index in [0.29, 0.717) is 0 Å². The van der Waals surface area contributed by atoms with Gasteiger partial charge in [-0.15, -0.1) is 0 Å². The predicted molar refractivity (Wildman–Crippen MR) is 73.0 cm³/mol. The number of esters is 1. The highest BCUT2D eigenvalue weighted by molar-refractivity contribution is 5.94. The van der Waals surface area contributed by atoms with Crippen molar-refractivity contribution in [1.82, 2.24) is 0 Å². The molecule has 0 radical (unpaired) electrons. The lowest BCUT2D eigenvalue weighted by Crippen LogP contribution is -2.12. The topological polar surface area (TPSA) is 78.6 Å². The maximum Gasteiger partial charge on any atom is 0.387 e. The Morgan fingerprint density at radius 2 is 1.64 bits per heavy atom. The van der Waals surface area contributed by atoms with Crippen molar-refractivity contribution >= 4 is 11.9 Å². The fourth-order valence-electron chi connectivity index (χ4n) is 1.65. The second kappa shape index (κ2) is 6.66. The number of nitrogens with two attached hydrogens (primary N) is 1. The summed E-state index contributed by atoms with van der Waals surface area (Å²) in [6.07, 6.45) is 0. The first-order chi connectivity index (χ1) is 10.5. The quantitative estimate of drug-likeness (QED) is 0.680. The predicted octanol–water partition coefficient (Wildman–Crippen LogP) is 2.61. The van der Waals surface area contributed by atoms with Crippen LogP contribution in [0.4, 0.5) is 8.78 Å². The van der Waals surface area contributed by atoms with Crippen molar-refractivity contribution < 1.29 is 27.8 Å². The minimum atomic E-state index is -2.94. The average molecular weight is 307 g/mol. The lowest BCUT2D eigenvalue weighted by molar-refractivity contribution is -0.0498. The minimum Gasteiger partial charge on any atom is -0.435 e. The van der Waals surface area contributed by atoms with Gasteiger partial charge >= 0.3 is 12.6 Å². The summed E-state index contributed by atoms with van der Waals surface area (Å²) in [4.78, 5) is 22.9. The van der Waals surface area contributed by atoms with Gasteiger partial charge < -0.3 is 15.2 Å². The van der Waals surface area contributed by atoms with Crippen molar-refractivity contribution in [3.05, 3.63) is 59.7 Å². The molecule has 0 spiro atoms. The van der Waals surface area contributed by atoms with Crippen LogP contribution in [0.5, 0.6) is 11.5 Å². The van der Waals surface area contributed by atoms with Crippen LogP contribution in [-0.4, -0.2) is 18.5 Å². The summed E-state index contributed by atoms with van der Waals surface area (Å²) in [5.74, 6) is -1.27. The maximum atomic E-state index is 12.0. The van der Waals surface area contributed by atoms with Crippen LogP contribution in [-0.2, 0) is 0 Å². The zero-order chi connectivity index (χ0) is 16.1. The van der Waals surface area contributed by atoms with E-state index in [1.807, 2.05) is 0 Å². The second-order valence-electron chi connectivity index (χ2n) is 4.18. The zero-order valence-electron chi connectivity index (χ0n) is 11.2. The Balaban J connectivity index is 2.08. The smallest absolute Gasteiger partial charge is 0.387 e. The van der Waals surface area contributed by atoms with Crippen LogP contribution in [0.2, 0.25) is 0 Å². The van der Waals surface area contributed by atoms with Gasteiger partial charge in [0.05, 0.1) is 5.56 Å². The van der Waals surface area contributed by atoms with Crippen LogP contribution in [0.1, 0.15) is 20.7 Å². The number of rotatable bonds is 5. The molecule has 0 aliphatic heterocycles. The van der Waals surface area contributed by atoms with Crippen LogP contribution in [0.3, 0.4) is 0 Å². The molecular formula is C15H11F2NO4. The van der Waals surface area contributed by atoms with E-state index in [4.69, 9.17) is 10.5 Å². The number of hydrogen-bond acceptors (Lipinski definition) is 4. The van der Waals surface area contributed by atoms with Gasteiger partial charge in [0.15, 0.2) is 0 Å². The van der Waals surface area contributed by atoms with E-state index < -0.39 is 18.5 Å². The molecule has 7 heteroatoms. The van der Waals surface area contributed by atoms with Gasteiger partial charge in [0, 0.05) is 5.56 Å². The SMILES string of the molecule is NC(=O)c1cccc(OC(=O)c2ccc(OC(F)F)cc2)c1. The number of benzene rings is 2. The van der Waals surface area contributed by atoms with E-state index in [9.17, 15) is 18.4 Å². The molecule has 0 saturated heterocycles. The Bertz CT molecular complexity index is 686. The van der Waals surface area contributed by atoms with Crippen LogP contribution in [0.15, 0.2) is 48.5 Å². The third-order valence-corrected chi connectivity index (χ3v) is 2.64. The van der Waals surface area contributed by atoms with Crippen molar-refractivity contribution in [3.63, 3.8) is 0 Å². The molecule has 2 N–H and O–H groups in total. The molecule has 0 fully saturated rings. The summed E-state index contributed by atoms with van der Waals surface area (Å²) in [6.45, 7) is -2.94. The summed E-state index contributed by atoms with van der Waals surface area (Å²) >= 11 is 0. The van der Waals surface area contributed by atoms with Gasteiger partial charge in [-0.3, -0.25) is 4.79 Å². The van der Waals surface area contributed by atoms with Gasteiger partial charge in [-0.25, -0.2) is 4.79 Å². The number of ether oxygens (including phenoxy) is 2. The third kappa shape index (κ3) is 4.02. The first-order valence-corrected chi connectivity index (χ1v) is 6.12. The van der Waals surface area contributed by atoms with Gasteiger partial charge in [0.25, 0.3) is 0 Å². The van der Waals surface area contributed by atoms with Gasteiger partial charge in [-0.05, 0) is 42.5 Å². The van der Waals surface area contributed by atoms with Gasteiger partial charge in [0.1, 0.15) is 11.5 Å². The number of alkyl halides is 2. The molecule has 0 unspecified atom stereocenters. The second-order valence-corrected chi connectivity index (χ2v) is 4.18. The number of primary amides is 1. The molecule has 22 heavy (non-hydrogen) atoms. The number of halogens is 2.